The van der Waals surface area contributed by atoms with Crippen molar-refractivity contribution in [2.24, 2.45) is 0 Å². The van der Waals surface area contributed by atoms with E-state index >= 15 is 0 Å². The number of carbonyl (C=O) groups excluding carboxylic acids is 2. The fourth-order valence-electron chi connectivity index (χ4n) is 3.19. The maximum atomic E-state index is 13.5. The Morgan fingerprint density at radius 1 is 0.926 bits per heavy atom. The number of nitrogens with zero attached hydrogens (tertiary/aromatic N) is 1. The van der Waals surface area contributed by atoms with Crippen LogP contribution in [0.3, 0.4) is 0 Å². The van der Waals surface area contributed by atoms with Crippen LogP contribution in [0.25, 0.3) is 0 Å². The van der Waals surface area contributed by atoms with Crippen LogP contribution < -0.4 is 15.5 Å². The molecule has 0 aliphatic carbocycles. The van der Waals surface area contributed by atoms with Crippen LogP contribution in [0.1, 0.15) is 24.8 Å². The predicted molar refractivity (Wildman–Crippen MR) is 104 cm³/mol. The Hall–Kier alpha value is -2.89. The van der Waals surface area contributed by atoms with Crippen LogP contribution in [0.5, 0.6) is 0 Å². The largest absolute Gasteiger partial charge is 0.372 e. The van der Waals surface area contributed by atoms with Gasteiger partial charge in [0.1, 0.15) is 5.82 Å². The number of hydrogen-bond donors (Lipinski definition) is 2. The molecule has 27 heavy (non-hydrogen) atoms. The molecular formula is C21H24FN3O2. The average molecular weight is 369 g/mol. The zero-order chi connectivity index (χ0) is 19.1. The molecular weight excluding hydrogens is 345 g/mol. The minimum atomic E-state index is -0.730. The van der Waals surface area contributed by atoms with Crippen molar-refractivity contribution in [1.29, 1.82) is 0 Å². The summed E-state index contributed by atoms with van der Waals surface area (Å²) in [6.07, 6.45) is 4.00. The summed E-state index contributed by atoms with van der Waals surface area (Å²) in [6.45, 7) is 2.30. The molecule has 2 amide bonds. The van der Waals surface area contributed by atoms with E-state index in [9.17, 15) is 14.0 Å². The minimum absolute atomic E-state index is 0.196. The van der Waals surface area contributed by atoms with Crippen LogP contribution in [0.15, 0.2) is 48.5 Å². The number of anilines is 2. The number of amides is 2. The molecule has 2 aromatic rings. The molecule has 1 saturated heterocycles. The summed E-state index contributed by atoms with van der Waals surface area (Å²) in [6, 6.07) is 13.9. The molecule has 0 spiro atoms. The summed E-state index contributed by atoms with van der Waals surface area (Å²) in [5, 5.41) is 5.10. The first-order chi connectivity index (χ1) is 13.1. The SMILES string of the molecule is O=C(NCCc1ccccc1F)C(=O)Nc1ccc(N2CCCCC2)cc1. The molecule has 0 bridgehead atoms. The van der Waals surface area contributed by atoms with Crippen LogP contribution in [-0.4, -0.2) is 31.4 Å². The van der Waals surface area contributed by atoms with Gasteiger partial charge in [0.25, 0.3) is 0 Å². The van der Waals surface area contributed by atoms with Crippen LogP contribution >= 0.6 is 0 Å². The lowest BCUT2D eigenvalue weighted by Crippen LogP contribution is -2.36. The van der Waals surface area contributed by atoms with Crippen molar-refractivity contribution in [3.63, 3.8) is 0 Å². The standard InChI is InChI=1S/C21H24FN3O2/c22-19-7-3-2-6-16(19)12-13-23-20(26)21(27)24-17-8-10-18(11-9-17)25-14-4-1-5-15-25/h2-3,6-11H,1,4-5,12-15H2,(H,23,26)(H,24,27). The van der Waals surface area contributed by atoms with Crippen LogP contribution in [-0.2, 0) is 16.0 Å². The molecule has 0 atom stereocenters. The number of carbonyl (C=O) groups is 2. The Morgan fingerprint density at radius 3 is 2.33 bits per heavy atom. The van der Waals surface area contributed by atoms with Crippen molar-refractivity contribution in [2.45, 2.75) is 25.7 Å². The molecule has 5 nitrogen and oxygen atoms in total. The highest BCUT2D eigenvalue weighted by molar-refractivity contribution is 6.39. The van der Waals surface area contributed by atoms with E-state index in [0.29, 0.717) is 17.7 Å². The molecule has 6 heteroatoms. The van der Waals surface area contributed by atoms with E-state index in [1.807, 2.05) is 12.1 Å². The molecule has 0 saturated carbocycles. The summed E-state index contributed by atoms with van der Waals surface area (Å²) in [5.74, 6) is -1.77. The van der Waals surface area contributed by atoms with Gasteiger partial charge in [-0.05, 0) is 61.6 Å². The Morgan fingerprint density at radius 2 is 1.63 bits per heavy atom. The molecule has 3 rings (SSSR count). The van der Waals surface area contributed by atoms with Gasteiger partial charge in [-0.25, -0.2) is 4.39 Å². The third kappa shape index (κ3) is 5.29. The fourth-order valence-corrected chi connectivity index (χ4v) is 3.19. The predicted octanol–water partition coefficient (Wildman–Crippen LogP) is 3.11. The van der Waals surface area contributed by atoms with E-state index < -0.39 is 11.8 Å². The molecule has 0 unspecified atom stereocenters. The first kappa shape index (κ1) is 18.9. The fraction of sp³-hybridized carbons (Fsp3) is 0.333. The Kier molecular flexibility index (Phi) is 6.41. The van der Waals surface area contributed by atoms with E-state index in [4.69, 9.17) is 0 Å². The Labute approximate surface area is 158 Å². The van der Waals surface area contributed by atoms with E-state index in [1.54, 1.807) is 30.3 Å². The number of hydrogen-bond acceptors (Lipinski definition) is 3. The smallest absolute Gasteiger partial charge is 0.313 e. The molecule has 0 radical (unpaired) electrons. The normalized spacial score (nSPS) is 13.9. The maximum Gasteiger partial charge on any atom is 0.313 e. The lowest BCUT2D eigenvalue weighted by atomic mass is 10.1. The third-order valence-electron chi connectivity index (χ3n) is 4.69. The zero-order valence-electron chi connectivity index (χ0n) is 15.2. The van der Waals surface area contributed by atoms with Gasteiger partial charge in [-0.1, -0.05) is 18.2 Å². The second kappa shape index (κ2) is 9.16. The number of benzene rings is 2. The lowest BCUT2D eigenvalue weighted by molar-refractivity contribution is -0.136. The van der Waals surface area contributed by atoms with E-state index in [0.717, 1.165) is 18.8 Å². The van der Waals surface area contributed by atoms with Gasteiger partial charge in [0, 0.05) is 31.0 Å². The molecule has 1 heterocycles. The van der Waals surface area contributed by atoms with Crippen molar-refractivity contribution in [2.75, 3.05) is 29.9 Å². The third-order valence-corrected chi connectivity index (χ3v) is 4.69. The Balaban J connectivity index is 1.46. The Bertz CT molecular complexity index is 786. The maximum absolute atomic E-state index is 13.5. The van der Waals surface area contributed by atoms with Crippen LogP contribution in [0.4, 0.5) is 15.8 Å². The first-order valence-electron chi connectivity index (χ1n) is 9.31. The van der Waals surface area contributed by atoms with Gasteiger partial charge in [0.2, 0.25) is 0 Å². The van der Waals surface area contributed by atoms with Gasteiger partial charge < -0.3 is 15.5 Å². The topological polar surface area (TPSA) is 61.4 Å². The van der Waals surface area contributed by atoms with Gasteiger partial charge in [-0.2, -0.15) is 0 Å². The number of nitrogens with one attached hydrogen (secondary N) is 2. The summed E-state index contributed by atoms with van der Waals surface area (Å²) in [7, 11) is 0. The van der Waals surface area contributed by atoms with Gasteiger partial charge >= 0.3 is 11.8 Å². The van der Waals surface area contributed by atoms with Gasteiger partial charge in [0.05, 0.1) is 0 Å². The van der Waals surface area contributed by atoms with Crippen LogP contribution in [0.2, 0.25) is 0 Å². The second-order valence-corrected chi connectivity index (χ2v) is 6.65. The monoisotopic (exact) mass is 369 g/mol. The lowest BCUT2D eigenvalue weighted by Gasteiger charge is -2.28. The van der Waals surface area contributed by atoms with E-state index in [2.05, 4.69) is 15.5 Å². The van der Waals surface area contributed by atoms with Crippen molar-refractivity contribution < 1.29 is 14.0 Å². The average Bonchev–Trinajstić information content (AvgIpc) is 2.70. The van der Waals surface area contributed by atoms with Crippen molar-refractivity contribution in [1.82, 2.24) is 5.32 Å². The number of piperidine rings is 1. The highest BCUT2D eigenvalue weighted by atomic mass is 19.1. The zero-order valence-corrected chi connectivity index (χ0v) is 15.2. The van der Waals surface area contributed by atoms with Crippen molar-refractivity contribution >= 4 is 23.2 Å². The summed E-state index contributed by atoms with van der Waals surface area (Å²) < 4.78 is 13.5. The van der Waals surface area contributed by atoms with Crippen molar-refractivity contribution in [3.05, 3.63) is 59.9 Å². The summed E-state index contributed by atoms with van der Waals surface area (Å²) in [4.78, 5) is 26.2. The minimum Gasteiger partial charge on any atom is -0.372 e. The number of rotatable bonds is 5. The molecule has 1 fully saturated rings. The summed E-state index contributed by atoms with van der Waals surface area (Å²) >= 11 is 0. The van der Waals surface area contributed by atoms with E-state index in [1.165, 1.54) is 25.3 Å². The van der Waals surface area contributed by atoms with Gasteiger partial charge in [0.15, 0.2) is 0 Å². The quantitative estimate of drug-likeness (QED) is 0.796. The molecule has 1 aliphatic rings. The van der Waals surface area contributed by atoms with Gasteiger partial charge in [-0.15, -0.1) is 0 Å². The van der Waals surface area contributed by atoms with E-state index in [-0.39, 0.29) is 12.4 Å². The molecule has 1 aliphatic heterocycles. The first-order valence-corrected chi connectivity index (χ1v) is 9.31. The van der Waals surface area contributed by atoms with Crippen LogP contribution in [0, 0.1) is 5.82 Å². The second-order valence-electron chi connectivity index (χ2n) is 6.65. The summed E-state index contributed by atoms with van der Waals surface area (Å²) in [5.41, 5.74) is 2.21. The molecule has 2 N–H and O–H groups in total. The number of halogens is 1. The molecule has 0 aromatic heterocycles. The highest BCUT2D eigenvalue weighted by Gasteiger charge is 2.14. The van der Waals surface area contributed by atoms with Crippen molar-refractivity contribution in [3.8, 4) is 0 Å². The highest BCUT2D eigenvalue weighted by Crippen LogP contribution is 2.21. The molecule has 142 valence electrons. The molecule has 2 aromatic carbocycles. The van der Waals surface area contributed by atoms with Gasteiger partial charge in [-0.3, -0.25) is 9.59 Å².